The number of hydrogen-bond donors (Lipinski definition) is 1. The van der Waals surface area contributed by atoms with Crippen molar-refractivity contribution in [3.63, 3.8) is 0 Å². The number of hydrogen-bond acceptors (Lipinski definition) is 5. The molecule has 0 bridgehead atoms. The van der Waals surface area contributed by atoms with E-state index in [1.807, 2.05) is 24.3 Å². The fourth-order valence-corrected chi connectivity index (χ4v) is 5.58. The molecule has 0 amide bonds. The highest BCUT2D eigenvalue weighted by Crippen LogP contribution is 2.33. The maximum absolute atomic E-state index is 13.3. The average molecular weight is 430 g/mol. The third kappa shape index (κ3) is 3.20. The summed E-state index contributed by atoms with van der Waals surface area (Å²) in [6, 6.07) is 7.60. The van der Waals surface area contributed by atoms with E-state index >= 15 is 0 Å². The lowest BCUT2D eigenvalue weighted by molar-refractivity contribution is 0.588. The minimum atomic E-state index is -3.84. The number of nitrogens with one attached hydrogen (secondary N) is 1. The first-order valence-electron chi connectivity index (χ1n) is 8.41. The van der Waals surface area contributed by atoms with Crippen molar-refractivity contribution in [3.05, 3.63) is 41.3 Å². The summed E-state index contributed by atoms with van der Waals surface area (Å²) in [4.78, 5) is 2.32. The van der Waals surface area contributed by atoms with Crippen LogP contribution in [0.15, 0.2) is 35.4 Å². The van der Waals surface area contributed by atoms with Crippen LogP contribution in [0.5, 0.6) is 0 Å². The molecule has 1 aliphatic rings. The zero-order chi connectivity index (χ0) is 18.5. The SMILES string of the molecule is Cc1nn(C)c(Cl)c1S(=O)(=O)n1ccc2c(N3CCNCC3)cccc21.Cl. The third-order valence-electron chi connectivity index (χ3n) is 4.75. The molecule has 0 aliphatic carbocycles. The van der Waals surface area contributed by atoms with Gasteiger partial charge >= 0.3 is 0 Å². The summed E-state index contributed by atoms with van der Waals surface area (Å²) in [5.41, 5.74) is 2.07. The Morgan fingerprint density at radius 3 is 2.52 bits per heavy atom. The Morgan fingerprint density at radius 2 is 1.89 bits per heavy atom. The van der Waals surface area contributed by atoms with Crippen LogP contribution in [-0.4, -0.2) is 48.3 Å². The van der Waals surface area contributed by atoms with Gasteiger partial charge in [0.1, 0.15) is 10.0 Å². The molecule has 27 heavy (non-hydrogen) atoms. The average Bonchev–Trinajstić information content (AvgIpc) is 3.17. The molecule has 0 spiro atoms. The lowest BCUT2D eigenvalue weighted by Gasteiger charge is -2.30. The fraction of sp³-hybridized carbons (Fsp3) is 0.353. The van der Waals surface area contributed by atoms with Crippen molar-refractivity contribution in [2.24, 2.45) is 7.05 Å². The summed E-state index contributed by atoms with van der Waals surface area (Å²) in [5.74, 6) is 0. The van der Waals surface area contributed by atoms with Crippen LogP contribution in [0.1, 0.15) is 5.69 Å². The highest BCUT2D eigenvalue weighted by atomic mass is 35.5. The molecule has 2 aromatic heterocycles. The van der Waals surface area contributed by atoms with Gasteiger partial charge in [-0.1, -0.05) is 17.7 Å². The molecule has 1 aliphatic heterocycles. The standard InChI is InChI=1S/C17H20ClN5O2S.ClH/c1-12-16(17(18)21(2)20-12)26(24,25)23-9-6-13-14(4-3-5-15(13)23)22-10-7-19-8-11-22;/h3-6,9,19H,7-8,10-11H2,1-2H3;1H. The maximum Gasteiger partial charge on any atom is 0.273 e. The van der Waals surface area contributed by atoms with Crippen molar-refractivity contribution in [1.82, 2.24) is 19.1 Å². The van der Waals surface area contributed by atoms with Crippen molar-refractivity contribution < 1.29 is 8.42 Å². The van der Waals surface area contributed by atoms with Crippen molar-refractivity contribution in [1.29, 1.82) is 0 Å². The Morgan fingerprint density at radius 1 is 1.19 bits per heavy atom. The molecule has 10 heteroatoms. The third-order valence-corrected chi connectivity index (χ3v) is 7.14. The topological polar surface area (TPSA) is 72.2 Å². The molecule has 0 unspecified atom stereocenters. The summed E-state index contributed by atoms with van der Waals surface area (Å²) in [6.07, 6.45) is 1.59. The molecule has 0 saturated carbocycles. The van der Waals surface area contributed by atoms with Crippen LogP contribution in [0.2, 0.25) is 5.15 Å². The van der Waals surface area contributed by atoms with E-state index in [9.17, 15) is 8.42 Å². The lowest BCUT2D eigenvalue weighted by Crippen LogP contribution is -2.43. The van der Waals surface area contributed by atoms with Gasteiger partial charge in [0.05, 0.1) is 11.2 Å². The van der Waals surface area contributed by atoms with E-state index in [1.54, 1.807) is 20.2 Å². The quantitative estimate of drug-likeness (QED) is 0.691. The molecule has 1 aromatic carbocycles. The Bertz CT molecular complexity index is 1080. The van der Waals surface area contributed by atoms with Crippen LogP contribution >= 0.6 is 24.0 Å². The minimum absolute atomic E-state index is 0. The van der Waals surface area contributed by atoms with Gasteiger partial charge in [0.15, 0.2) is 0 Å². The number of aryl methyl sites for hydroxylation is 2. The molecule has 0 radical (unpaired) electrons. The van der Waals surface area contributed by atoms with Crippen LogP contribution < -0.4 is 10.2 Å². The van der Waals surface area contributed by atoms with Crippen molar-refractivity contribution in [2.45, 2.75) is 11.8 Å². The summed E-state index contributed by atoms with van der Waals surface area (Å²) in [6.45, 7) is 5.27. The number of anilines is 1. The van der Waals surface area contributed by atoms with E-state index in [1.165, 1.54) is 8.65 Å². The number of fused-ring (bicyclic) bond motifs is 1. The number of piperazine rings is 1. The second-order valence-electron chi connectivity index (χ2n) is 6.39. The normalized spacial score (nSPS) is 15.1. The Balaban J connectivity index is 0.00000210. The fourth-order valence-electron chi connectivity index (χ4n) is 3.52. The van der Waals surface area contributed by atoms with Crippen LogP contribution in [0.3, 0.4) is 0 Å². The Hall–Kier alpha value is -1.74. The summed E-state index contributed by atoms with van der Waals surface area (Å²) >= 11 is 6.21. The Kier molecular flexibility index (Phi) is 5.45. The molecule has 146 valence electrons. The van der Waals surface area contributed by atoms with Crippen LogP contribution in [0, 0.1) is 6.92 Å². The number of halogens is 2. The molecule has 4 rings (SSSR count). The zero-order valence-electron chi connectivity index (χ0n) is 15.0. The molecule has 0 atom stereocenters. The molecule has 7 nitrogen and oxygen atoms in total. The van der Waals surface area contributed by atoms with Crippen molar-refractivity contribution in [3.8, 4) is 0 Å². The molecule has 1 fully saturated rings. The van der Waals surface area contributed by atoms with Gasteiger partial charge in [-0.25, -0.2) is 12.4 Å². The first kappa shape index (κ1) is 20.0. The van der Waals surface area contributed by atoms with Gasteiger partial charge < -0.3 is 10.2 Å². The van der Waals surface area contributed by atoms with E-state index in [0.29, 0.717) is 11.2 Å². The zero-order valence-corrected chi connectivity index (χ0v) is 17.4. The minimum Gasteiger partial charge on any atom is -0.368 e. The molecular weight excluding hydrogens is 409 g/mol. The van der Waals surface area contributed by atoms with Gasteiger partial charge in [0.25, 0.3) is 10.0 Å². The monoisotopic (exact) mass is 429 g/mol. The van der Waals surface area contributed by atoms with E-state index in [2.05, 4.69) is 15.3 Å². The molecular formula is C17H21Cl2N5O2S. The second kappa shape index (κ2) is 7.35. The summed E-state index contributed by atoms with van der Waals surface area (Å²) < 4.78 is 29.2. The van der Waals surface area contributed by atoms with Gasteiger partial charge in [-0.3, -0.25) is 4.68 Å². The number of benzene rings is 1. The van der Waals surface area contributed by atoms with Crippen molar-refractivity contribution in [2.75, 3.05) is 31.1 Å². The lowest BCUT2D eigenvalue weighted by atomic mass is 10.2. The maximum atomic E-state index is 13.3. The molecule has 3 aromatic rings. The van der Waals surface area contributed by atoms with Gasteiger partial charge in [0, 0.05) is 50.5 Å². The van der Waals surface area contributed by atoms with E-state index < -0.39 is 10.0 Å². The largest absolute Gasteiger partial charge is 0.368 e. The van der Waals surface area contributed by atoms with E-state index in [0.717, 1.165) is 37.3 Å². The highest BCUT2D eigenvalue weighted by molar-refractivity contribution is 7.90. The number of aromatic nitrogens is 3. The van der Waals surface area contributed by atoms with Crippen molar-refractivity contribution >= 4 is 50.6 Å². The molecule has 1 saturated heterocycles. The smallest absolute Gasteiger partial charge is 0.273 e. The van der Waals surface area contributed by atoms with E-state index in [4.69, 9.17) is 11.6 Å². The van der Waals surface area contributed by atoms with Crippen LogP contribution in [0.4, 0.5) is 5.69 Å². The van der Waals surface area contributed by atoms with Gasteiger partial charge in [-0.15, -0.1) is 12.4 Å². The highest BCUT2D eigenvalue weighted by Gasteiger charge is 2.28. The second-order valence-corrected chi connectivity index (χ2v) is 8.50. The summed E-state index contributed by atoms with van der Waals surface area (Å²) in [5, 5.41) is 8.49. The first-order valence-corrected chi connectivity index (χ1v) is 10.2. The van der Waals surface area contributed by atoms with Crippen LogP contribution in [0.25, 0.3) is 10.9 Å². The predicted molar refractivity (Wildman–Crippen MR) is 110 cm³/mol. The number of rotatable bonds is 3. The van der Waals surface area contributed by atoms with Crippen LogP contribution in [-0.2, 0) is 17.1 Å². The van der Waals surface area contributed by atoms with Gasteiger partial charge in [-0.05, 0) is 25.1 Å². The molecule has 3 heterocycles. The van der Waals surface area contributed by atoms with Gasteiger partial charge in [0.2, 0.25) is 0 Å². The van der Waals surface area contributed by atoms with E-state index in [-0.39, 0.29) is 22.5 Å². The number of nitrogens with zero attached hydrogens (tertiary/aromatic N) is 4. The van der Waals surface area contributed by atoms with Gasteiger partial charge in [-0.2, -0.15) is 5.10 Å². The first-order chi connectivity index (χ1) is 12.4. The predicted octanol–water partition coefficient (Wildman–Crippen LogP) is 2.41. The molecule has 1 N–H and O–H groups in total. The summed E-state index contributed by atoms with van der Waals surface area (Å²) in [7, 11) is -2.21. The Labute approximate surface area is 169 Å².